The highest BCUT2D eigenvalue weighted by atomic mass is 28.3. The summed E-state index contributed by atoms with van der Waals surface area (Å²) in [6.45, 7) is 13.8. The molecule has 2 amide bonds. The molecule has 0 aromatic rings. The smallest absolute Gasteiger partial charge is 0.409 e. The standard InChI is InChI=1S/C16H34N2O4Si/c1-16(2,3)9-8-13(17-14(19)20)12-18(4)15(21)22-10-11-23(5,6)7/h13,17H,8-12H2,1-7H3,(H,19,20). The average Bonchev–Trinajstić information content (AvgIpc) is 2.32. The Kier molecular flexibility index (Phi) is 8.66. The molecule has 0 aliphatic carbocycles. The topological polar surface area (TPSA) is 78.9 Å². The number of rotatable bonds is 8. The van der Waals surface area contributed by atoms with Gasteiger partial charge in [-0.3, -0.25) is 0 Å². The number of hydrogen-bond donors (Lipinski definition) is 2. The van der Waals surface area contributed by atoms with Gasteiger partial charge in [0.15, 0.2) is 0 Å². The Morgan fingerprint density at radius 1 is 1.26 bits per heavy atom. The maximum atomic E-state index is 12.0. The number of carboxylic acid groups (broad SMARTS) is 1. The van der Waals surface area contributed by atoms with Gasteiger partial charge < -0.3 is 20.1 Å². The van der Waals surface area contributed by atoms with Crippen molar-refractivity contribution in [1.29, 1.82) is 0 Å². The van der Waals surface area contributed by atoms with Crippen LogP contribution in [0.5, 0.6) is 0 Å². The third kappa shape index (κ3) is 12.9. The molecule has 136 valence electrons. The van der Waals surface area contributed by atoms with Crippen LogP contribution < -0.4 is 5.32 Å². The molecule has 0 saturated heterocycles. The zero-order valence-corrected chi connectivity index (χ0v) is 16.7. The van der Waals surface area contributed by atoms with Crippen LogP contribution in [0.2, 0.25) is 25.7 Å². The first-order valence-electron chi connectivity index (χ1n) is 8.17. The summed E-state index contributed by atoms with van der Waals surface area (Å²) in [6.07, 6.45) is 0.0966. The third-order valence-corrected chi connectivity index (χ3v) is 5.16. The first-order chi connectivity index (χ1) is 10.3. The molecule has 2 N–H and O–H groups in total. The van der Waals surface area contributed by atoms with Crippen LogP contribution in [0.1, 0.15) is 33.6 Å². The third-order valence-electron chi connectivity index (χ3n) is 3.45. The van der Waals surface area contributed by atoms with Gasteiger partial charge in [-0.2, -0.15) is 0 Å². The predicted octanol–water partition coefficient (Wildman–Crippen LogP) is 3.86. The quantitative estimate of drug-likeness (QED) is 0.654. The number of ether oxygens (including phenoxy) is 1. The Hall–Kier alpha value is -1.24. The van der Waals surface area contributed by atoms with Crippen molar-refractivity contribution < 1.29 is 19.4 Å². The van der Waals surface area contributed by atoms with Crippen LogP contribution in [0.15, 0.2) is 0 Å². The van der Waals surface area contributed by atoms with Crippen LogP contribution in [0.25, 0.3) is 0 Å². The number of nitrogens with one attached hydrogen (secondary N) is 1. The largest absolute Gasteiger partial charge is 0.465 e. The van der Waals surface area contributed by atoms with Gasteiger partial charge >= 0.3 is 12.2 Å². The van der Waals surface area contributed by atoms with Crippen molar-refractivity contribution in [2.24, 2.45) is 5.41 Å². The van der Waals surface area contributed by atoms with E-state index in [2.05, 4.69) is 45.7 Å². The Labute approximate surface area is 141 Å². The molecule has 0 radical (unpaired) electrons. The molecule has 0 aliphatic heterocycles. The summed E-state index contributed by atoms with van der Waals surface area (Å²) in [5, 5.41) is 11.4. The molecular formula is C16H34N2O4Si. The van der Waals surface area contributed by atoms with E-state index in [1.165, 1.54) is 4.90 Å². The summed E-state index contributed by atoms with van der Waals surface area (Å²) in [5.74, 6) is 0. The monoisotopic (exact) mass is 346 g/mol. The maximum Gasteiger partial charge on any atom is 0.409 e. The van der Waals surface area contributed by atoms with Crippen molar-refractivity contribution >= 4 is 20.3 Å². The van der Waals surface area contributed by atoms with Gasteiger partial charge in [-0.15, -0.1) is 0 Å². The lowest BCUT2D eigenvalue weighted by molar-refractivity contribution is 0.110. The molecule has 1 unspecified atom stereocenters. The van der Waals surface area contributed by atoms with Crippen molar-refractivity contribution in [2.75, 3.05) is 20.2 Å². The molecule has 0 saturated carbocycles. The molecule has 0 spiro atoms. The van der Waals surface area contributed by atoms with Gasteiger partial charge in [0.2, 0.25) is 0 Å². The minimum Gasteiger partial charge on any atom is -0.465 e. The van der Waals surface area contributed by atoms with E-state index in [4.69, 9.17) is 9.84 Å². The van der Waals surface area contributed by atoms with Crippen LogP contribution >= 0.6 is 0 Å². The highest BCUT2D eigenvalue weighted by Gasteiger charge is 2.21. The van der Waals surface area contributed by atoms with Gasteiger partial charge in [0.1, 0.15) is 0 Å². The predicted molar refractivity (Wildman–Crippen MR) is 95.8 cm³/mol. The summed E-state index contributed by atoms with van der Waals surface area (Å²) in [7, 11) is 0.411. The molecule has 0 aliphatic rings. The van der Waals surface area contributed by atoms with Gasteiger partial charge in [0.05, 0.1) is 6.61 Å². The second-order valence-electron chi connectivity index (χ2n) is 8.55. The van der Waals surface area contributed by atoms with Gasteiger partial charge in [0.25, 0.3) is 0 Å². The van der Waals surface area contributed by atoms with E-state index in [9.17, 15) is 9.59 Å². The molecule has 6 nitrogen and oxygen atoms in total. The van der Waals surface area contributed by atoms with Crippen molar-refractivity contribution in [3.63, 3.8) is 0 Å². The number of amides is 2. The van der Waals surface area contributed by atoms with Gasteiger partial charge in [-0.05, 0) is 24.3 Å². The first kappa shape index (κ1) is 21.8. The van der Waals surface area contributed by atoms with Crippen LogP contribution in [0.3, 0.4) is 0 Å². The number of nitrogens with zero attached hydrogens (tertiary/aromatic N) is 1. The number of carbonyl (C=O) groups excluding carboxylic acids is 1. The zero-order valence-electron chi connectivity index (χ0n) is 15.7. The summed E-state index contributed by atoms with van der Waals surface area (Å²) in [4.78, 5) is 24.4. The lowest BCUT2D eigenvalue weighted by Gasteiger charge is -2.27. The molecule has 0 fully saturated rings. The zero-order chi connectivity index (χ0) is 18.3. The lowest BCUT2D eigenvalue weighted by atomic mass is 9.88. The molecular weight excluding hydrogens is 312 g/mol. The van der Waals surface area contributed by atoms with E-state index in [1.807, 2.05) is 0 Å². The highest BCUT2D eigenvalue weighted by Crippen LogP contribution is 2.22. The summed E-state index contributed by atoms with van der Waals surface area (Å²) in [6, 6.07) is 0.634. The molecule has 1 atom stereocenters. The Morgan fingerprint density at radius 3 is 2.26 bits per heavy atom. The Bertz CT molecular complexity index is 389. The molecule has 0 aromatic heterocycles. The Morgan fingerprint density at radius 2 is 1.83 bits per heavy atom. The highest BCUT2D eigenvalue weighted by molar-refractivity contribution is 6.76. The molecule has 7 heteroatoms. The van der Waals surface area contributed by atoms with Crippen molar-refractivity contribution in [3.05, 3.63) is 0 Å². The minimum atomic E-state index is -1.23. The second-order valence-corrected chi connectivity index (χ2v) is 14.2. The van der Waals surface area contributed by atoms with E-state index < -0.39 is 20.3 Å². The van der Waals surface area contributed by atoms with E-state index in [0.29, 0.717) is 19.6 Å². The van der Waals surface area contributed by atoms with Crippen LogP contribution in [0, 0.1) is 5.41 Å². The fourth-order valence-electron chi connectivity index (χ4n) is 1.95. The van der Waals surface area contributed by atoms with E-state index in [0.717, 1.165) is 12.5 Å². The van der Waals surface area contributed by atoms with Gasteiger partial charge in [-0.25, -0.2) is 9.59 Å². The first-order valence-corrected chi connectivity index (χ1v) is 11.9. The Balaban J connectivity index is 4.42. The molecule has 0 bridgehead atoms. The van der Waals surface area contributed by atoms with E-state index in [-0.39, 0.29) is 11.5 Å². The number of carbonyl (C=O) groups is 2. The van der Waals surface area contributed by atoms with Crippen molar-refractivity contribution in [2.45, 2.75) is 65.3 Å². The second kappa shape index (κ2) is 9.15. The molecule has 0 rings (SSSR count). The normalized spacial score (nSPS) is 13.3. The van der Waals surface area contributed by atoms with E-state index in [1.54, 1.807) is 7.05 Å². The van der Waals surface area contributed by atoms with Crippen molar-refractivity contribution in [3.8, 4) is 0 Å². The van der Waals surface area contributed by atoms with Crippen LogP contribution in [-0.4, -0.2) is 56.5 Å². The molecule has 23 heavy (non-hydrogen) atoms. The average molecular weight is 347 g/mol. The fraction of sp³-hybridized carbons (Fsp3) is 0.875. The summed E-state index contributed by atoms with van der Waals surface area (Å²) in [5.41, 5.74) is 0.120. The van der Waals surface area contributed by atoms with Crippen molar-refractivity contribution in [1.82, 2.24) is 10.2 Å². The number of likely N-dealkylation sites (N-methyl/N-ethyl adjacent to an activating group) is 1. The maximum absolute atomic E-state index is 12.0. The van der Waals surface area contributed by atoms with E-state index >= 15 is 0 Å². The van der Waals surface area contributed by atoms with Gasteiger partial charge in [0, 0.05) is 27.7 Å². The number of hydrogen-bond acceptors (Lipinski definition) is 3. The SMILES string of the molecule is CN(CC(CCC(C)(C)C)NC(=O)O)C(=O)OCC[Si](C)(C)C. The summed E-state index contributed by atoms with van der Waals surface area (Å²) < 4.78 is 5.28. The van der Waals surface area contributed by atoms with Crippen LogP contribution in [-0.2, 0) is 4.74 Å². The fourth-order valence-corrected chi connectivity index (χ4v) is 2.67. The minimum absolute atomic E-state index is 0.120. The lowest BCUT2D eigenvalue weighted by Crippen LogP contribution is -2.44. The van der Waals surface area contributed by atoms with Crippen LogP contribution in [0.4, 0.5) is 9.59 Å². The molecule has 0 aromatic carbocycles. The summed E-state index contributed by atoms with van der Waals surface area (Å²) >= 11 is 0. The van der Waals surface area contributed by atoms with Gasteiger partial charge in [-0.1, -0.05) is 40.4 Å². The molecule has 0 heterocycles.